The van der Waals surface area contributed by atoms with E-state index >= 15 is 0 Å². The first-order valence-corrected chi connectivity index (χ1v) is 15.3. The van der Waals surface area contributed by atoms with Crippen LogP contribution in [0.5, 0.6) is 6.01 Å². The van der Waals surface area contributed by atoms with Gasteiger partial charge in [-0.15, -0.1) is 0 Å². The summed E-state index contributed by atoms with van der Waals surface area (Å²) in [5.41, 5.74) is 3.86. The van der Waals surface area contributed by atoms with E-state index in [1.54, 1.807) is 4.90 Å². The lowest BCUT2D eigenvalue weighted by Crippen LogP contribution is -2.57. The highest BCUT2D eigenvalue weighted by molar-refractivity contribution is 5.69. The van der Waals surface area contributed by atoms with E-state index < -0.39 is 11.7 Å². The average Bonchev–Trinajstić information content (AvgIpc) is 3.37. The monoisotopic (exact) mass is 593 g/mol. The SMILES string of the molecule is [C-]#[N+]C[C@H]1CN(c2nc(OC[C@@H]3CCCN3C)nc3c2CCN(c2c(C)ccc(F)c2C)C3)CCN1C(=O)OC(C)(C)C. The second kappa shape index (κ2) is 12.5. The minimum atomic E-state index is -0.619. The van der Waals surface area contributed by atoms with Gasteiger partial charge in [-0.25, -0.2) is 15.8 Å². The smallest absolute Gasteiger partial charge is 0.410 e. The van der Waals surface area contributed by atoms with Gasteiger partial charge in [0.1, 0.15) is 29.9 Å². The number of likely N-dealkylation sites (tertiary alicyclic amines) is 1. The Morgan fingerprint density at radius 3 is 2.60 bits per heavy atom. The molecule has 1 aromatic carbocycles. The summed E-state index contributed by atoms with van der Waals surface area (Å²) >= 11 is 0. The molecule has 1 amide bonds. The number of piperazine rings is 1. The topological polar surface area (TPSA) is 78.6 Å². The Hall–Kier alpha value is -3.65. The van der Waals surface area contributed by atoms with Crippen LogP contribution in [0.25, 0.3) is 4.85 Å². The number of nitrogens with zero attached hydrogens (tertiary/aromatic N) is 7. The van der Waals surface area contributed by atoms with Crippen LogP contribution in [-0.4, -0.2) is 96.5 Å². The summed E-state index contributed by atoms with van der Waals surface area (Å²) in [4.78, 5) is 34.9. The molecule has 0 N–H and O–H groups in total. The zero-order valence-electron chi connectivity index (χ0n) is 26.3. The van der Waals surface area contributed by atoms with Gasteiger partial charge in [0, 0.05) is 49.0 Å². The first-order chi connectivity index (χ1) is 20.4. The summed E-state index contributed by atoms with van der Waals surface area (Å²) in [5, 5.41) is 0. The average molecular weight is 594 g/mol. The Balaban J connectivity index is 1.45. The van der Waals surface area contributed by atoms with Crippen molar-refractivity contribution in [2.45, 2.75) is 78.1 Å². The minimum absolute atomic E-state index is 0.173. The molecule has 0 unspecified atom stereocenters. The van der Waals surface area contributed by atoms with E-state index in [2.05, 4.69) is 26.6 Å². The van der Waals surface area contributed by atoms with Crippen LogP contribution in [0.15, 0.2) is 12.1 Å². The van der Waals surface area contributed by atoms with Gasteiger partial charge in [0.15, 0.2) is 0 Å². The van der Waals surface area contributed by atoms with Gasteiger partial charge in [-0.05, 0) is 79.1 Å². The Morgan fingerprint density at radius 1 is 1.12 bits per heavy atom. The Morgan fingerprint density at radius 2 is 1.91 bits per heavy atom. The van der Waals surface area contributed by atoms with Gasteiger partial charge >= 0.3 is 12.1 Å². The number of aromatic nitrogens is 2. The first-order valence-electron chi connectivity index (χ1n) is 15.3. The van der Waals surface area contributed by atoms with Gasteiger partial charge in [-0.1, -0.05) is 6.07 Å². The van der Waals surface area contributed by atoms with Crippen LogP contribution in [0.1, 0.15) is 56.0 Å². The normalized spacial score (nSPS) is 21.0. The van der Waals surface area contributed by atoms with Gasteiger partial charge in [0.05, 0.1) is 12.2 Å². The van der Waals surface area contributed by atoms with Crippen LogP contribution < -0.4 is 14.5 Å². The summed E-state index contributed by atoms with van der Waals surface area (Å²) in [6, 6.07) is 3.67. The van der Waals surface area contributed by atoms with E-state index in [0.29, 0.717) is 63.4 Å². The van der Waals surface area contributed by atoms with Gasteiger partial charge in [0.2, 0.25) is 6.54 Å². The molecule has 2 atom stereocenters. The van der Waals surface area contributed by atoms with Crippen molar-refractivity contribution in [2.75, 3.05) is 62.7 Å². The molecule has 3 aliphatic heterocycles. The number of halogens is 1. The van der Waals surface area contributed by atoms with Crippen LogP contribution in [-0.2, 0) is 17.7 Å². The largest absolute Gasteiger partial charge is 0.462 e. The molecule has 232 valence electrons. The van der Waals surface area contributed by atoms with Crippen molar-refractivity contribution in [2.24, 2.45) is 0 Å². The maximum absolute atomic E-state index is 14.6. The Kier molecular flexibility index (Phi) is 8.97. The Bertz CT molecular complexity index is 1390. The number of hydrogen-bond acceptors (Lipinski definition) is 8. The van der Waals surface area contributed by atoms with E-state index in [1.165, 1.54) is 6.07 Å². The molecule has 11 heteroatoms. The molecule has 0 aliphatic carbocycles. The molecule has 5 rings (SSSR count). The van der Waals surface area contributed by atoms with Crippen LogP contribution in [0, 0.1) is 26.2 Å². The van der Waals surface area contributed by atoms with E-state index in [9.17, 15) is 9.18 Å². The number of rotatable bonds is 6. The summed E-state index contributed by atoms with van der Waals surface area (Å²) in [6.07, 6.45) is 2.51. The zero-order valence-corrected chi connectivity index (χ0v) is 26.3. The molecule has 0 radical (unpaired) electrons. The molecular formula is C32H44FN7O3. The predicted molar refractivity (Wildman–Crippen MR) is 164 cm³/mol. The maximum Gasteiger partial charge on any atom is 0.410 e. The molecule has 2 aromatic rings. The highest BCUT2D eigenvalue weighted by atomic mass is 19.1. The summed E-state index contributed by atoms with van der Waals surface area (Å²) < 4.78 is 26.5. The second-order valence-corrected chi connectivity index (χ2v) is 13.0. The third kappa shape index (κ3) is 6.80. The van der Waals surface area contributed by atoms with E-state index in [-0.39, 0.29) is 18.4 Å². The number of carbonyl (C=O) groups is 1. The van der Waals surface area contributed by atoms with Gasteiger partial charge in [0.25, 0.3) is 0 Å². The molecule has 2 fully saturated rings. The molecule has 4 heterocycles. The molecule has 2 saturated heterocycles. The van der Waals surface area contributed by atoms with Crippen molar-refractivity contribution in [1.82, 2.24) is 19.8 Å². The lowest BCUT2D eigenvalue weighted by molar-refractivity contribution is 0.0155. The number of hydrogen-bond donors (Lipinski definition) is 0. The maximum atomic E-state index is 14.6. The highest BCUT2D eigenvalue weighted by Crippen LogP contribution is 2.35. The molecule has 3 aliphatic rings. The molecule has 43 heavy (non-hydrogen) atoms. The van der Waals surface area contributed by atoms with Gasteiger partial charge in [-0.3, -0.25) is 4.90 Å². The van der Waals surface area contributed by atoms with E-state index in [0.717, 1.165) is 47.7 Å². The predicted octanol–water partition coefficient (Wildman–Crippen LogP) is 4.61. The minimum Gasteiger partial charge on any atom is -0.462 e. The number of anilines is 2. The number of ether oxygens (including phenoxy) is 2. The molecule has 0 bridgehead atoms. The number of carbonyl (C=O) groups excluding carboxylic acids is 1. The lowest BCUT2D eigenvalue weighted by Gasteiger charge is -2.41. The van der Waals surface area contributed by atoms with Crippen LogP contribution >= 0.6 is 0 Å². The van der Waals surface area contributed by atoms with E-state index in [1.807, 2.05) is 40.7 Å². The van der Waals surface area contributed by atoms with Crippen LogP contribution in [0.3, 0.4) is 0 Å². The molecule has 1 aromatic heterocycles. The zero-order chi connectivity index (χ0) is 30.9. The lowest BCUT2D eigenvalue weighted by atomic mass is 10.0. The third-order valence-corrected chi connectivity index (χ3v) is 8.69. The Labute approximate surface area is 254 Å². The van der Waals surface area contributed by atoms with Crippen LogP contribution in [0.2, 0.25) is 0 Å². The van der Waals surface area contributed by atoms with Crippen molar-refractivity contribution < 1.29 is 18.7 Å². The fourth-order valence-electron chi connectivity index (χ4n) is 6.43. The molecular weight excluding hydrogens is 549 g/mol. The number of likely N-dealkylation sites (N-methyl/N-ethyl adjacent to an activating group) is 1. The van der Waals surface area contributed by atoms with Crippen LogP contribution in [0.4, 0.5) is 20.7 Å². The van der Waals surface area contributed by atoms with Crippen molar-refractivity contribution in [3.63, 3.8) is 0 Å². The molecule has 0 saturated carbocycles. The number of benzene rings is 1. The van der Waals surface area contributed by atoms with Crippen molar-refractivity contribution in [1.29, 1.82) is 0 Å². The van der Waals surface area contributed by atoms with Gasteiger partial charge < -0.3 is 29.0 Å². The number of aryl methyl sites for hydroxylation is 1. The summed E-state index contributed by atoms with van der Waals surface area (Å²) in [5.74, 6) is 0.583. The molecule has 10 nitrogen and oxygen atoms in total. The van der Waals surface area contributed by atoms with Gasteiger partial charge in [-0.2, -0.15) is 9.97 Å². The number of fused-ring (bicyclic) bond motifs is 1. The standard InChI is InChI=1S/C32H44FN7O3/c1-21-10-11-26(33)22(2)28(21)38-14-12-25-27(19-38)35-30(42-20-23-9-8-13-37(23)7)36-29(25)39-15-16-40(24(18-39)17-34-6)31(41)43-32(3,4)5/h10-11,23-24H,8-9,12-20H2,1-5,7H3/t23-,24-/m0/s1. The third-order valence-electron chi connectivity index (χ3n) is 8.69. The fourth-order valence-corrected chi connectivity index (χ4v) is 6.43. The van der Waals surface area contributed by atoms with Crippen molar-refractivity contribution in [3.8, 4) is 6.01 Å². The first kappa shape index (κ1) is 30.8. The highest BCUT2D eigenvalue weighted by Gasteiger charge is 2.37. The van der Waals surface area contributed by atoms with Crippen molar-refractivity contribution >= 4 is 17.6 Å². The number of amides is 1. The fraction of sp³-hybridized carbons (Fsp3) is 0.625. The summed E-state index contributed by atoms with van der Waals surface area (Å²) in [7, 11) is 2.11. The molecule has 0 spiro atoms. The summed E-state index contributed by atoms with van der Waals surface area (Å²) in [6.45, 7) is 21.3. The van der Waals surface area contributed by atoms with Crippen molar-refractivity contribution in [3.05, 3.63) is 51.8 Å². The van der Waals surface area contributed by atoms with E-state index in [4.69, 9.17) is 26.0 Å². The quantitative estimate of drug-likeness (QED) is 0.450. The second-order valence-electron chi connectivity index (χ2n) is 13.0.